The van der Waals surface area contributed by atoms with Crippen LogP contribution in [0.5, 0.6) is 5.75 Å². The molecule has 1 aromatic carbocycles. The Morgan fingerprint density at radius 1 is 1.46 bits per heavy atom. The van der Waals surface area contributed by atoms with Crippen molar-refractivity contribution in [3.8, 4) is 5.75 Å². The van der Waals surface area contributed by atoms with Crippen molar-refractivity contribution in [3.05, 3.63) is 29.8 Å². The predicted octanol–water partition coefficient (Wildman–Crippen LogP) is 1.26. The van der Waals surface area contributed by atoms with Crippen molar-refractivity contribution in [3.63, 3.8) is 0 Å². The molecule has 0 unspecified atom stereocenters. The average molecular weight is 180 g/mol. The van der Waals surface area contributed by atoms with Gasteiger partial charge in [0, 0.05) is 5.56 Å². The van der Waals surface area contributed by atoms with Gasteiger partial charge in [-0.05, 0) is 31.2 Å². The summed E-state index contributed by atoms with van der Waals surface area (Å²) in [6, 6.07) is 6.74. The zero-order chi connectivity index (χ0) is 9.68. The van der Waals surface area contributed by atoms with Gasteiger partial charge in [-0.15, -0.1) is 0 Å². The van der Waals surface area contributed by atoms with E-state index in [0.717, 1.165) is 6.29 Å². The Labute approximate surface area is 77.0 Å². The number of ether oxygens (including phenoxy) is 1. The number of hydrogen-bond donors (Lipinski definition) is 1. The second-order valence-corrected chi connectivity index (χ2v) is 2.85. The van der Waals surface area contributed by atoms with Gasteiger partial charge in [0.25, 0.3) is 0 Å². The van der Waals surface area contributed by atoms with Gasteiger partial charge in [-0.1, -0.05) is 0 Å². The summed E-state index contributed by atoms with van der Waals surface area (Å²) in [5.74, 6) is 0.659. The molecule has 0 bridgehead atoms. The summed E-state index contributed by atoms with van der Waals surface area (Å²) in [5, 5.41) is 8.93. The summed E-state index contributed by atoms with van der Waals surface area (Å²) in [7, 11) is 0. The van der Waals surface area contributed by atoms with Crippen molar-refractivity contribution in [1.29, 1.82) is 0 Å². The third kappa shape index (κ3) is 3.25. The van der Waals surface area contributed by atoms with Gasteiger partial charge in [-0.3, -0.25) is 4.79 Å². The van der Waals surface area contributed by atoms with E-state index in [4.69, 9.17) is 9.84 Å². The first-order valence-corrected chi connectivity index (χ1v) is 4.08. The van der Waals surface area contributed by atoms with Crippen molar-refractivity contribution < 1.29 is 14.6 Å². The van der Waals surface area contributed by atoms with Gasteiger partial charge in [0.15, 0.2) is 0 Å². The van der Waals surface area contributed by atoms with Crippen molar-refractivity contribution in [1.82, 2.24) is 0 Å². The number of aldehydes is 1. The molecular weight excluding hydrogens is 168 g/mol. The fraction of sp³-hybridized carbons (Fsp3) is 0.300. The number of carbonyl (C=O) groups is 1. The first-order chi connectivity index (χ1) is 6.22. The van der Waals surface area contributed by atoms with Crippen LogP contribution in [0, 0.1) is 0 Å². The minimum Gasteiger partial charge on any atom is -0.491 e. The van der Waals surface area contributed by atoms with E-state index in [9.17, 15) is 4.79 Å². The standard InChI is InChI=1S/C10H12O3/c1-8(12)7-13-10-4-2-9(6-11)3-5-10/h2-6,8,12H,7H2,1H3/t8-/m0/s1. The zero-order valence-corrected chi connectivity index (χ0v) is 7.43. The predicted molar refractivity (Wildman–Crippen MR) is 49.0 cm³/mol. The monoisotopic (exact) mass is 180 g/mol. The molecule has 0 fully saturated rings. The highest BCUT2D eigenvalue weighted by molar-refractivity contribution is 5.74. The van der Waals surface area contributed by atoms with Crippen LogP contribution in [0.25, 0.3) is 0 Å². The number of aliphatic hydroxyl groups excluding tert-OH is 1. The number of benzene rings is 1. The van der Waals surface area contributed by atoms with E-state index in [1.54, 1.807) is 31.2 Å². The molecule has 0 spiro atoms. The van der Waals surface area contributed by atoms with Crippen LogP contribution in [0.15, 0.2) is 24.3 Å². The molecular formula is C10H12O3. The van der Waals surface area contributed by atoms with Crippen LogP contribution < -0.4 is 4.74 Å². The average Bonchev–Trinajstić information content (AvgIpc) is 2.15. The molecule has 1 N–H and O–H groups in total. The van der Waals surface area contributed by atoms with E-state index >= 15 is 0 Å². The highest BCUT2D eigenvalue weighted by atomic mass is 16.5. The minimum absolute atomic E-state index is 0.264. The van der Waals surface area contributed by atoms with Crippen LogP contribution in [-0.2, 0) is 0 Å². The lowest BCUT2D eigenvalue weighted by molar-refractivity contribution is 0.112. The van der Waals surface area contributed by atoms with Crippen LogP contribution in [0.1, 0.15) is 17.3 Å². The Balaban J connectivity index is 2.54. The lowest BCUT2D eigenvalue weighted by atomic mass is 10.2. The van der Waals surface area contributed by atoms with Crippen LogP contribution in [0.3, 0.4) is 0 Å². The van der Waals surface area contributed by atoms with E-state index < -0.39 is 6.10 Å². The molecule has 70 valence electrons. The first kappa shape index (κ1) is 9.74. The number of carbonyl (C=O) groups excluding carboxylic acids is 1. The maximum Gasteiger partial charge on any atom is 0.150 e. The molecule has 0 aromatic heterocycles. The molecule has 0 aliphatic carbocycles. The Bertz CT molecular complexity index is 264. The van der Waals surface area contributed by atoms with Crippen molar-refractivity contribution in [2.24, 2.45) is 0 Å². The Kier molecular flexibility index (Phi) is 3.46. The van der Waals surface area contributed by atoms with Gasteiger partial charge in [0.1, 0.15) is 18.6 Å². The van der Waals surface area contributed by atoms with Crippen LogP contribution in [-0.4, -0.2) is 24.1 Å². The number of hydrogen-bond acceptors (Lipinski definition) is 3. The molecule has 1 rings (SSSR count). The maximum atomic E-state index is 10.3. The van der Waals surface area contributed by atoms with Crippen molar-refractivity contribution in [2.75, 3.05) is 6.61 Å². The van der Waals surface area contributed by atoms with Gasteiger partial charge in [0.2, 0.25) is 0 Å². The summed E-state index contributed by atoms with van der Waals surface area (Å²) in [5.41, 5.74) is 0.615. The van der Waals surface area contributed by atoms with Crippen molar-refractivity contribution >= 4 is 6.29 Å². The maximum absolute atomic E-state index is 10.3. The topological polar surface area (TPSA) is 46.5 Å². The van der Waals surface area contributed by atoms with E-state index in [1.165, 1.54) is 0 Å². The molecule has 0 aliphatic rings. The number of rotatable bonds is 4. The molecule has 3 nitrogen and oxygen atoms in total. The van der Waals surface area contributed by atoms with E-state index in [2.05, 4.69) is 0 Å². The largest absolute Gasteiger partial charge is 0.491 e. The highest BCUT2D eigenvalue weighted by Crippen LogP contribution is 2.10. The van der Waals surface area contributed by atoms with Gasteiger partial charge in [-0.25, -0.2) is 0 Å². The van der Waals surface area contributed by atoms with Crippen LogP contribution in [0.4, 0.5) is 0 Å². The molecule has 0 radical (unpaired) electrons. The second-order valence-electron chi connectivity index (χ2n) is 2.85. The molecule has 1 aromatic rings. The highest BCUT2D eigenvalue weighted by Gasteiger charge is 1.97. The smallest absolute Gasteiger partial charge is 0.150 e. The zero-order valence-electron chi connectivity index (χ0n) is 7.43. The number of aliphatic hydroxyl groups is 1. The minimum atomic E-state index is -0.481. The molecule has 3 heteroatoms. The fourth-order valence-corrected chi connectivity index (χ4v) is 0.859. The van der Waals surface area contributed by atoms with Gasteiger partial charge in [0.05, 0.1) is 6.10 Å². The van der Waals surface area contributed by atoms with Gasteiger partial charge >= 0.3 is 0 Å². The molecule has 0 heterocycles. The third-order valence-electron chi connectivity index (χ3n) is 1.51. The molecule has 0 amide bonds. The lowest BCUT2D eigenvalue weighted by Crippen LogP contribution is -2.12. The molecule has 0 saturated carbocycles. The summed E-state index contributed by atoms with van der Waals surface area (Å²) >= 11 is 0. The Morgan fingerprint density at radius 3 is 2.54 bits per heavy atom. The summed E-state index contributed by atoms with van der Waals surface area (Å²) in [6.07, 6.45) is 0.295. The normalized spacial score (nSPS) is 12.2. The summed E-state index contributed by atoms with van der Waals surface area (Å²) in [4.78, 5) is 10.3. The van der Waals surface area contributed by atoms with E-state index in [1.807, 2.05) is 0 Å². The quantitative estimate of drug-likeness (QED) is 0.709. The SMILES string of the molecule is C[C@H](O)COc1ccc(C=O)cc1. The molecule has 1 atom stereocenters. The van der Waals surface area contributed by atoms with E-state index in [0.29, 0.717) is 11.3 Å². The van der Waals surface area contributed by atoms with Crippen molar-refractivity contribution in [2.45, 2.75) is 13.0 Å². The first-order valence-electron chi connectivity index (χ1n) is 4.08. The van der Waals surface area contributed by atoms with Gasteiger partial charge < -0.3 is 9.84 Å². The molecule has 0 saturated heterocycles. The Morgan fingerprint density at radius 2 is 2.08 bits per heavy atom. The molecule has 0 aliphatic heterocycles. The van der Waals surface area contributed by atoms with Gasteiger partial charge in [-0.2, -0.15) is 0 Å². The molecule has 13 heavy (non-hydrogen) atoms. The summed E-state index contributed by atoms with van der Waals surface area (Å²) < 4.78 is 5.20. The Hall–Kier alpha value is -1.35. The van der Waals surface area contributed by atoms with E-state index in [-0.39, 0.29) is 6.61 Å². The fourth-order valence-electron chi connectivity index (χ4n) is 0.859. The lowest BCUT2D eigenvalue weighted by Gasteiger charge is -2.07. The third-order valence-corrected chi connectivity index (χ3v) is 1.51. The van der Waals surface area contributed by atoms with Crippen LogP contribution >= 0.6 is 0 Å². The van der Waals surface area contributed by atoms with Crippen LogP contribution in [0.2, 0.25) is 0 Å². The second kappa shape index (κ2) is 4.62. The summed E-state index contributed by atoms with van der Waals surface area (Å²) in [6.45, 7) is 1.92.